The van der Waals surface area contributed by atoms with E-state index in [-0.39, 0.29) is 31.0 Å². The molecule has 19 heavy (non-hydrogen) atoms. The first kappa shape index (κ1) is 13.5. The zero-order chi connectivity index (χ0) is 12.5. The molecule has 0 saturated heterocycles. The molecule has 0 fully saturated rings. The molecule has 1 aromatic heterocycles. The Morgan fingerprint density at radius 2 is 1.53 bits per heavy atom. The molecular weight excluding hydrogens is 294 g/mol. The van der Waals surface area contributed by atoms with Crippen LogP contribution < -0.4 is 5.43 Å². The van der Waals surface area contributed by atoms with Gasteiger partial charge in [0, 0.05) is 25.0 Å². The average molecular weight is 304 g/mol. The molecule has 3 nitrogen and oxygen atoms in total. The maximum absolute atomic E-state index is 12.0. The monoisotopic (exact) mass is 302 g/mol. The van der Waals surface area contributed by atoms with E-state index in [2.05, 4.69) is 0 Å². The van der Waals surface area contributed by atoms with Crippen LogP contribution >= 0.6 is 0 Å². The molecule has 0 bridgehead atoms. The normalized spacial score (nSPS) is 10.1. The Labute approximate surface area is 122 Å². The third-order valence-electron chi connectivity index (χ3n) is 2.81. The third kappa shape index (κ3) is 2.32. The molecule has 90 valence electrons. The van der Waals surface area contributed by atoms with Crippen molar-refractivity contribution in [3.63, 3.8) is 0 Å². The number of hydrogen-bond acceptors (Lipinski definition) is 3. The smallest absolute Gasteiger partial charge is 0.235 e. The van der Waals surface area contributed by atoms with Crippen LogP contribution in [0.25, 0.3) is 22.3 Å². The van der Waals surface area contributed by atoms with Gasteiger partial charge in [0.25, 0.3) is 0 Å². The van der Waals surface area contributed by atoms with E-state index in [0.29, 0.717) is 16.5 Å². The van der Waals surface area contributed by atoms with Crippen LogP contribution in [0, 0.1) is 0 Å². The van der Waals surface area contributed by atoms with E-state index in [1.807, 2.05) is 18.2 Å². The maximum Gasteiger partial charge on any atom is 0.235 e. The van der Waals surface area contributed by atoms with Gasteiger partial charge in [0.05, 0.1) is 5.39 Å². The fourth-order valence-electron chi connectivity index (χ4n) is 1.92. The summed E-state index contributed by atoms with van der Waals surface area (Å²) >= 11 is 0. The van der Waals surface area contributed by atoms with Crippen molar-refractivity contribution in [2.45, 2.75) is 0 Å². The van der Waals surface area contributed by atoms with Crippen molar-refractivity contribution < 1.29 is 29.0 Å². The fraction of sp³-hybridized carbons (Fsp3) is 0. The molecule has 4 heteroatoms. The summed E-state index contributed by atoms with van der Waals surface area (Å²) in [5.74, 6) is -0.140. The summed E-state index contributed by atoms with van der Waals surface area (Å²) in [6.07, 6.45) is 0. The number of hydrogen-bond donors (Lipinski definition) is 1. The van der Waals surface area contributed by atoms with Gasteiger partial charge in [-0.2, -0.15) is 0 Å². The summed E-state index contributed by atoms with van der Waals surface area (Å²) in [5, 5.41) is 10.3. The quantitative estimate of drug-likeness (QED) is 0.703. The fourth-order valence-corrected chi connectivity index (χ4v) is 1.92. The summed E-state index contributed by atoms with van der Waals surface area (Å²) in [5.41, 5.74) is 0.743. The maximum atomic E-state index is 12.0. The predicted molar refractivity (Wildman–Crippen MR) is 69.6 cm³/mol. The molecule has 3 rings (SSSR count). The standard InChI is InChI=1S/C15H10O3.Zn/c16-13-11-8-4-5-9-12(11)18-15(14(13)17)10-6-2-1-3-7-10;/h1-9,17H;. The van der Waals surface area contributed by atoms with Gasteiger partial charge in [-0.25, -0.2) is 0 Å². The van der Waals surface area contributed by atoms with Crippen LogP contribution in [0.1, 0.15) is 0 Å². The molecule has 1 N–H and O–H groups in total. The Hall–Kier alpha value is -1.93. The van der Waals surface area contributed by atoms with Gasteiger partial charge in [-0.1, -0.05) is 42.5 Å². The van der Waals surface area contributed by atoms with Gasteiger partial charge in [0.1, 0.15) is 5.58 Å². The molecule has 0 amide bonds. The molecule has 0 aliphatic carbocycles. The Morgan fingerprint density at radius 1 is 0.895 bits per heavy atom. The Kier molecular flexibility index (Phi) is 3.82. The summed E-state index contributed by atoms with van der Waals surface area (Å²) in [4.78, 5) is 12.0. The van der Waals surface area contributed by atoms with Gasteiger partial charge in [-0.3, -0.25) is 4.79 Å². The van der Waals surface area contributed by atoms with Gasteiger partial charge in [0.2, 0.25) is 11.2 Å². The number of rotatable bonds is 1. The van der Waals surface area contributed by atoms with Gasteiger partial charge in [0.15, 0.2) is 5.76 Å². The molecule has 0 aliphatic rings. The molecule has 1 heterocycles. The van der Waals surface area contributed by atoms with E-state index in [0.717, 1.165) is 0 Å². The summed E-state index contributed by atoms with van der Waals surface area (Å²) in [6.45, 7) is 0. The number of fused-ring (bicyclic) bond motifs is 1. The molecule has 0 radical (unpaired) electrons. The largest absolute Gasteiger partial charge is 0.502 e. The minimum absolute atomic E-state index is 0. The van der Waals surface area contributed by atoms with Crippen molar-refractivity contribution in [3.05, 3.63) is 64.8 Å². The number of aromatic hydroxyl groups is 1. The molecule has 2 aromatic carbocycles. The number of benzene rings is 2. The summed E-state index contributed by atoms with van der Waals surface area (Å²) in [7, 11) is 0. The first-order chi connectivity index (χ1) is 8.77. The van der Waals surface area contributed by atoms with Crippen molar-refractivity contribution in [1.82, 2.24) is 0 Å². The summed E-state index contributed by atoms with van der Waals surface area (Å²) in [6, 6.07) is 15.9. The molecule has 3 aromatic rings. The SMILES string of the molecule is O=c1c(O)c(-c2ccccc2)oc2ccccc12.[Zn]. The molecular formula is C15H10O3Zn. The Balaban J connectivity index is 0.00000133. The topological polar surface area (TPSA) is 50.4 Å². The van der Waals surface area contributed by atoms with Gasteiger partial charge < -0.3 is 9.52 Å². The first-order valence-electron chi connectivity index (χ1n) is 5.57. The Bertz CT molecular complexity index is 763. The first-order valence-corrected chi connectivity index (χ1v) is 5.57. The van der Waals surface area contributed by atoms with Crippen molar-refractivity contribution in [2.24, 2.45) is 0 Å². The summed E-state index contributed by atoms with van der Waals surface area (Å²) < 4.78 is 5.61. The average Bonchev–Trinajstić information content (AvgIpc) is 2.44. The third-order valence-corrected chi connectivity index (χ3v) is 2.81. The van der Waals surface area contributed by atoms with Crippen LogP contribution in [0.3, 0.4) is 0 Å². The van der Waals surface area contributed by atoms with Crippen LogP contribution in [0.4, 0.5) is 0 Å². The zero-order valence-electron chi connectivity index (χ0n) is 10.2. The molecule has 0 spiro atoms. The second-order valence-electron chi connectivity index (χ2n) is 3.97. The van der Waals surface area contributed by atoms with Gasteiger partial charge in [-0.05, 0) is 12.1 Å². The van der Waals surface area contributed by atoms with Crippen LogP contribution in [0.5, 0.6) is 5.75 Å². The zero-order valence-corrected chi connectivity index (χ0v) is 13.1. The van der Waals surface area contributed by atoms with E-state index in [9.17, 15) is 9.90 Å². The van der Waals surface area contributed by atoms with Crippen molar-refractivity contribution in [2.75, 3.05) is 0 Å². The minimum Gasteiger partial charge on any atom is -0.502 e. The van der Waals surface area contributed by atoms with Crippen LogP contribution in [-0.4, -0.2) is 5.11 Å². The molecule has 0 unspecified atom stereocenters. The molecule has 0 saturated carbocycles. The van der Waals surface area contributed by atoms with Gasteiger partial charge >= 0.3 is 0 Å². The van der Waals surface area contributed by atoms with E-state index in [1.54, 1.807) is 36.4 Å². The second kappa shape index (κ2) is 5.37. The molecule has 0 aliphatic heterocycles. The van der Waals surface area contributed by atoms with E-state index >= 15 is 0 Å². The van der Waals surface area contributed by atoms with E-state index in [4.69, 9.17) is 4.42 Å². The Morgan fingerprint density at radius 3 is 2.26 bits per heavy atom. The second-order valence-corrected chi connectivity index (χ2v) is 3.97. The van der Waals surface area contributed by atoms with Crippen LogP contribution in [0.15, 0.2) is 63.8 Å². The van der Waals surface area contributed by atoms with Crippen molar-refractivity contribution >= 4 is 11.0 Å². The van der Waals surface area contributed by atoms with E-state index in [1.165, 1.54) is 0 Å². The van der Waals surface area contributed by atoms with Crippen molar-refractivity contribution in [1.29, 1.82) is 0 Å². The van der Waals surface area contributed by atoms with Gasteiger partial charge in [-0.15, -0.1) is 0 Å². The predicted octanol–water partition coefficient (Wildman–Crippen LogP) is 3.16. The van der Waals surface area contributed by atoms with Crippen LogP contribution in [0.2, 0.25) is 0 Å². The van der Waals surface area contributed by atoms with Crippen LogP contribution in [-0.2, 0) is 19.5 Å². The van der Waals surface area contributed by atoms with Crippen molar-refractivity contribution in [3.8, 4) is 17.1 Å². The number of para-hydroxylation sites is 1. The molecule has 0 atom stereocenters. The minimum atomic E-state index is -0.407. The van der Waals surface area contributed by atoms with E-state index < -0.39 is 5.43 Å².